The quantitative estimate of drug-likeness (QED) is 0.420. The van der Waals surface area contributed by atoms with Crippen LogP contribution in [-0.2, 0) is 9.53 Å². The molecule has 1 amide bonds. The van der Waals surface area contributed by atoms with E-state index in [0.717, 1.165) is 10.8 Å². The Kier molecular flexibility index (Phi) is 5.12. The minimum absolute atomic E-state index is 0.145. The van der Waals surface area contributed by atoms with Crippen LogP contribution < -0.4 is 5.32 Å². The van der Waals surface area contributed by atoms with Crippen molar-refractivity contribution < 1.29 is 19.2 Å². The van der Waals surface area contributed by atoms with Gasteiger partial charge in [0.15, 0.2) is 6.10 Å². The lowest BCUT2D eigenvalue weighted by atomic mass is 10.0. The van der Waals surface area contributed by atoms with Gasteiger partial charge < -0.3 is 10.1 Å². The van der Waals surface area contributed by atoms with Crippen LogP contribution in [0.4, 0.5) is 11.4 Å². The molecule has 0 fully saturated rings. The summed E-state index contributed by atoms with van der Waals surface area (Å²) in [6.07, 6.45) is -1.07. The van der Waals surface area contributed by atoms with Crippen LogP contribution in [-0.4, -0.2) is 22.9 Å². The number of nitrogens with zero attached hydrogens (tertiary/aromatic N) is 1. The van der Waals surface area contributed by atoms with Gasteiger partial charge in [-0.1, -0.05) is 42.5 Å². The van der Waals surface area contributed by atoms with Crippen LogP contribution in [0.5, 0.6) is 0 Å². The average Bonchev–Trinajstić information content (AvgIpc) is 2.67. The monoisotopic (exact) mass is 364 g/mol. The Morgan fingerprint density at radius 3 is 2.52 bits per heavy atom. The largest absolute Gasteiger partial charge is 0.449 e. The highest BCUT2D eigenvalue weighted by Crippen LogP contribution is 2.20. The summed E-state index contributed by atoms with van der Waals surface area (Å²) in [5.41, 5.74) is 0.471. The number of ether oxygens (including phenoxy) is 1. The zero-order chi connectivity index (χ0) is 19.4. The Balaban J connectivity index is 1.71. The molecule has 27 heavy (non-hydrogen) atoms. The Bertz CT molecular complexity index is 1030. The number of esters is 1. The number of hydrogen-bond acceptors (Lipinski definition) is 5. The third kappa shape index (κ3) is 4.09. The number of hydrogen-bond donors (Lipinski definition) is 1. The first-order valence-corrected chi connectivity index (χ1v) is 8.20. The number of amides is 1. The van der Waals surface area contributed by atoms with E-state index in [1.807, 2.05) is 24.3 Å². The molecule has 0 aliphatic heterocycles. The van der Waals surface area contributed by atoms with Crippen LogP contribution in [0.15, 0.2) is 66.7 Å². The van der Waals surface area contributed by atoms with Gasteiger partial charge in [-0.3, -0.25) is 14.9 Å². The van der Waals surface area contributed by atoms with Crippen molar-refractivity contribution >= 4 is 34.0 Å². The van der Waals surface area contributed by atoms with Crippen LogP contribution in [0, 0.1) is 10.1 Å². The maximum atomic E-state index is 12.5. The van der Waals surface area contributed by atoms with E-state index >= 15 is 0 Å². The number of non-ortho nitro benzene ring substituents is 1. The van der Waals surface area contributed by atoms with Gasteiger partial charge in [0.25, 0.3) is 11.6 Å². The van der Waals surface area contributed by atoms with Gasteiger partial charge >= 0.3 is 5.97 Å². The molecule has 7 nitrogen and oxygen atoms in total. The van der Waals surface area contributed by atoms with Crippen molar-refractivity contribution in [2.24, 2.45) is 0 Å². The van der Waals surface area contributed by atoms with Gasteiger partial charge in [-0.05, 0) is 29.8 Å². The minimum Gasteiger partial charge on any atom is -0.449 e. The fourth-order valence-corrected chi connectivity index (χ4v) is 2.62. The first-order valence-electron chi connectivity index (χ1n) is 8.20. The van der Waals surface area contributed by atoms with E-state index in [1.165, 1.54) is 31.2 Å². The predicted octanol–water partition coefficient (Wildman–Crippen LogP) is 3.93. The normalized spacial score (nSPS) is 11.6. The van der Waals surface area contributed by atoms with Gasteiger partial charge in [-0.2, -0.15) is 0 Å². The van der Waals surface area contributed by atoms with E-state index in [-0.39, 0.29) is 11.4 Å². The third-order valence-corrected chi connectivity index (χ3v) is 3.99. The summed E-state index contributed by atoms with van der Waals surface area (Å²) in [4.78, 5) is 35.0. The Hall–Kier alpha value is -3.74. The molecule has 0 aromatic heterocycles. The summed E-state index contributed by atoms with van der Waals surface area (Å²) in [5, 5.41) is 14.9. The third-order valence-electron chi connectivity index (χ3n) is 3.99. The van der Waals surface area contributed by atoms with E-state index in [4.69, 9.17) is 4.74 Å². The number of carbonyl (C=O) groups is 2. The zero-order valence-electron chi connectivity index (χ0n) is 14.4. The van der Waals surface area contributed by atoms with Crippen LogP contribution in [0.1, 0.15) is 17.3 Å². The summed E-state index contributed by atoms with van der Waals surface area (Å²) in [6.45, 7) is 1.44. The summed E-state index contributed by atoms with van der Waals surface area (Å²) in [5.74, 6) is -1.20. The van der Waals surface area contributed by atoms with E-state index < -0.39 is 22.9 Å². The zero-order valence-corrected chi connectivity index (χ0v) is 14.4. The number of carbonyl (C=O) groups excluding carboxylic acids is 2. The molecule has 136 valence electrons. The molecule has 0 aliphatic rings. The number of benzene rings is 3. The van der Waals surface area contributed by atoms with Crippen LogP contribution in [0.25, 0.3) is 10.8 Å². The summed E-state index contributed by atoms with van der Waals surface area (Å²) >= 11 is 0. The molecule has 0 aliphatic carbocycles. The smallest absolute Gasteiger partial charge is 0.339 e. The number of fused-ring (bicyclic) bond motifs is 1. The van der Waals surface area contributed by atoms with Crippen LogP contribution in [0.2, 0.25) is 0 Å². The van der Waals surface area contributed by atoms with E-state index in [2.05, 4.69) is 5.32 Å². The number of rotatable bonds is 5. The number of nitrogens with one attached hydrogen (secondary N) is 1. The molecule has 3 aromatic rings. The van der Waals surface area contributed by atoms with Gasteiger partial charge in [0.2, 0.25) is 0 Å². The molecule has 0 spiro atoms. The molecule has 7 heteroatoms. The number of nitro benzene ring substituents is 1. The minimum atomic E-state index is -1.07. The fourth-order valence-electron chi connectivity index (χ4n) is 2.62. The van der Waals surface area contributed by atoms with Gasteiger partial charge in [0.05, 0.1) is 10.5 Å². The van der Waals surface area contributed by atoms with Gasteiger partial charge in [-0.25, -0.2) is 4.79 Å². The number of anilines is 1. The molecule has 0 saturated carbocycles. The Morgan fingerprint density at radius 1 is 1.04 bits per heavy atom. The van der Waals surface area contributed by atoms with Crippen molar-refractivity contribution in [1.82, 2.24) is 0 Å². The first-order chi connectivity index (χ1) is 13.0. The van der Waals surface area contributed by atoms with Crippen LogP contribution in [0.3, 0.4) is 0 Å². The summed E-state index contributed by atoms with van der Waals surface area (Å²) in [7, 11) is 0. The van der Waals surface area contributed by atoms with E-state index in [1.54, 1.807) is 18.2 Å². The molecule has 1 N–H and O–H groups in total. The van der Waals surface area contributed by atoms with E-state index in [9.17, 15) is 19.7 Å². The highest BCUT2D eigenvalue weighted by atomic mass is 16.6. The fraction of sp³-hybridized carbons (Fsp3) is 0.100. The lowest BCUT2D eigenvalue weighted by Gasteiger charge is -2.14. The predicted molar refractivity (Wildman–Crippen MR) is 101 cm³/mol. The SMILES string of the molecule is C[C@@H](OC(=O)c1cccc2ccccc12)C(=O)Nc1cccc([N+](=O)[O-])c1. The van der Waals surface area contributed by atoms with Crippen molar-refractivity contribution in [3.8, 4) is 0 Å². The van der Waals surface area contributed by atoms with Gasteiger partial charge in [0.1, 0.15) is 0 Å². The maximum Gasteiger partial charge on any atom is 0.339 e. The summed E-state index contributed by atoms with van der Waals surface area (Å²) < 4.78 is 5.27. The molecule has 0 saturated heterocycles. The van der Waals surface area contributed by atoms with Crippen molar-refractivity contribution in [2.45, 2.75) is 13.0 Å². The molecule has 0 radical (unpaired) electrons. The Morgan fingerprint density at radius 2 is 1.74 bits per heavy atom. The standard InChI is InChI=1S/C20H16N2O5/c1-13(19(23)21-15-8-5-9-16(12-15)22(25)26)27-20(24)18-11-4-7-14-6-2-3-10-17(14)18/h2-13H,1H3,(H,21,23)/t13-/m1/s1. The second kappa shape index (κ2) is 7.65. The molecule has 0 bridgehead atoms. The average molecular weight is 364 g/mol. The van der Waals surface area contributed by atoms with Crippen molar-refractivity contribution in [2.75, 3.05) is 5.32 Å². The second-order valence-electron chi connectivity index (χ2n) is 5.87. The second-order valence-corrected chi connectivity index (χ2v) is 5.87. The van der Waals surface area contributed by atoms with Gasteiger partial charge in [0, 0.05) is 17.8 Å². The molecule has 1 atom stereocenters. The lowest BCUT2D eigenvalue weighted by Crippen LogP contribution is -2.30. The lowest BCUT2D eigenvalue weighted by molar-refractivity contribution is -0.384. The first kappa shape index (κ1) is 18.1. The van der Waals surface area contributed by atoms with Crippen LogP contribution >= 0.6 is 0 Å². The highest BCUT2D eigenvalue weighted by molar-refractivity contribution is 6.05. The molecular formula is C20H16N2O5. The Labute approximate surface area is 154 Å². The molecule has 3 rings (SSSR count). The van der Waals surface area contributed by atoms with Gasteiger partial charge in [-0.15, -0.1) is 0 Å². The molecule has 3 aromatic carbocycles. The highest BCUT2D eigenvalue weighted by Gasteiger charge is 2.21. The molecule has 0 unspecified atom stereocenters. The summed E-state index contributed by atoms with van der Waals surface area (Å²) in [6, 6.07) is 18.2. The van der Waals surface area contributed by atoms with Crippen molar-refractivity contribution in [3.63, 3.8) is 0 Å². The van der Waals surface area contributed by atoms with E-state index in [0.29, 0.717) is 5.56 Å². The van der Waals surface area contributed by atoms with Crippen molar-refractivity contribution in [3.05, 3.63) is 82.4 Å². The molecule has 0 heterocycles. The molecular weight excluding hydrogens is 348 g/mol. The van der Waals surface area contributed by atoms with Crippen molar-refractivity contribution in [1.29, 1.82) is 0 Å². The topological polar surface area (TPSA) is 98.5 Å². The maximum absolute atomic E-state index is 12.5. The number of nitro groups is 1.